The molecule has 0 saturated carbocycles. The Bertz CT molecular complexity index is 1120. The molecule has 0 bridgehead atoms. The van der Waals surface area contributed by atoms with Crippen molar-refractivity contribution in [2.75, 3.05) is 38.2 Å². The number of hydrogen-bond donors (Lipinski definition) is 1. The van der Waals surface area contributed by atoms with E-state index in [-0.39, 0.29) is 35.2 Å². The summed E-state index contributed by atoms with van der Waals surface area (Å²) in [6.45, 7) is 2.62. The molecule has 1 amide bonds. The Kier molecular flexibility index (Phi) is 6.39. The Morgan fingerprint density at radius 1 is 1.03 bits per heavy atom. The van der Waals surface area contributed by atoms with Crippen molar-refractivity contribution in [2.45, 2.75) is 6.61 Å². The Balaban J connectivity index is 1.34. The van der Waals surface area contributed by atoms with E-state index in [4.69, 9.17) is 9.47 Å². The number of rotatable bonds is 6. The molecule has 4 rings (SSSR count). The van der Waals surface area contributed by atoms with Crippen LogP contribution in [-0.4, -0.2) is 49.1 Å². The van der Waals surface area contributed by atoms with Crippen molar-refractivity contribution < 1.29 is 18.7 Å². The number of amides is 1. The number of carbonyl (C=O) groups is 1. The third kappa shape index (κ3) is 4.91. The molecule has 2 aromatic carbocycles. The van der Waals surface area contributed by atoms with E-state index in [0.29, 0.717) is 26.2 Å². The van der Waals surface area contributed by atoms with E-state index in [1.54, 1.807) is 24.1 Å². The van der Waals surface area contributed by atoms with Crippen LogP contribution in [0.15, 0.2) is 65.6 Å². The van der Waals surface area contributed by atoms with Crippen molar-refractivity contribution in [1.29, 1.82) is 0 Å². The fourth-order valence-corrected chi connectivity index (χ4v) is 3.57. The molecule has 0 unspecified atom stereocenters. The van der Waals surface area contributed by atoms with Gasteiger partial charge in [-0.25, -0.2) is 4.39 Å². The van der Waals surface area contributed by atoms with Gasteiger partial charge >= 0.3 is 0 Å². The fraction of sp³-hybridized carbons (Fsp3) is 0.250. The number of ether oxygens (including phenoxy) is 2. The molecular formula is C24H24FN3O4. The number of aromatic amines is 1. The maximum atomic E-state index is 13.0. The van der Waals surface area contributed by atoms with Crippen LogP contribution in [0.1, 0.15) is 16.1 Å². The molecule has 1 fully saturated rings. The number of carbonyl (C=O) groups excluding carboxylic acids is 1. The van der Waals surface area contributed by atoms with Gasteiger partial charge in [-0.05, 0) is 42.0 Å². The summed E-state index contributed by atoms with van der Waals surface area (Å²) in [7, 11) is 1.63. The van der Waals surface area contributed by atoms with Gasteiger partial charge in [-0.1, -0.05) is 12.1 Å². The van der Waals surface area contributed by atoms with E-state index in [9.17, 15) is 14.0 Å². The van der Waals surface area contributed by atoms with Gasteiger partial charge in [-0.15, -0.1) is 0 Å². The van der Waals surface area contributed by atoms with Crippen LogP contribution in [0.2, 0.25) is 0 Å². The number of nitrogens with one attached hydrogen (secondary N) is 1. The van der Waals surface area contributed by atoms with Crippen LogP contribution in [0.3, 0.4) is 0 Å². The number of methoxy groups -OCH3 is 1. The highest BCUT2D eigenvalue weighted by molar-refractivity contribution is 5.92. The van der Waals surface area contributed by atoms with E-state index in [2.05, 4.69) is 9.88 Å². The summed E-state index contributed by atoms with van der Waals surface area (Å²) < 4.78 is 23.7. The molecule has 1 aromatic heterocycles. The molecule has 1 aliphatic rings. The van der Waals surface area contributed by atoms with Gasteiger partial charge in [0, 0.05) is 44.1 Å². The van der Waals surface area contributed by atoms with Crippen molar-refractivity contribution >= 4 is 11.6 Å². The molecule has 0 spiro atoms. The summed E-state index contributed by atoms with van der Waals surface area (Å²) >= 11 is 0. The highest BCUT2D eigenvalue weighted by Crippen LogP contribution is 2.21. The topological polar surface area (TPSA) is 74.9 Å². The first kappa shape index (κ1) is 21.4. The van der Waals surface area contributed by atoms with E-state index < -0.39 is 0 Å². The highest BCUT2D eigenvalue weighted by Gasteiger charge is 2.23. The van der Waals surface area contributed by atoms with Crippen LogP contribution < -0.4 is 19.8 Å². The Morgan fingerprint density at radius 3 is 2.34 bits per heavy atom. The number of aromatic nitrogens is 1. The fourth-order valence-electron chi connectivity index (χ4n) is 3.57. The minimum atomic E-state index is -0.383. The molecule has 166 valence electrons. The van der Waals surface area contributed by atoms with Gasteiger partial charge in [-0.2, -0.15) is 0 Å². The molecule has 1 aliphatic heterocycles. The van der Waals surface area contributed by atoms with E-state index in [1.807, 2.05) is 24.3 Å². The molecule has 0 radical (unpaired) electrons. The predicted molar refractivity (Wildman–Crippen MR) is 119 cm³/mol. The Labute approximate surface area is 185 Å². The quantitative estimate of drug-likeness (QED) is 0.642. The summed E-state index contributed by atoms with van der Waals surface area (Å²) in [5, 5.41) is 0. The van der Waals surface area contributed by atoms with Crippen LogP contribution in [-0.2, 0) is 6.61 Å². The summed E-state index contributed by atoms with van der Waals surface area (Å²) in [6.07, 6.45) is 1.40. The van der Waals surface area contributed by atoms with Gasteiger partial charge in [0.1, 0.15) is 23.9 Å². The molecule has 32 heavy (non-hydrogen) atoms. The minimum Gasteiger partial charge on any atom is -0.497 e. The van der Waals surface area contributed by atoms with Gasteiger partial charge in [0.2, 0.25) is 5.43 Å². The first-order valence-electron chi connectivity index (χ1n) is 10.3. The third-order valence-electron chi connectivity index (χ3n) is 5.42. The number of anilines is 1. The molecule has 2 heterocycles. The average Bonchev–Trinajstić information content (AvgIpc) is 2.84. The zero-order valence-corrected chi connectivity index (χ0v) is 17.7. The lowest BCUT2D eigenvalue weighted by molar-refractivity contribution is 0.0740. The molecule has 8 heteroatoms. The predicted octanol–water partition coefficient (Wildman–Crippen LogP) is 3.06. The van der Waals surface area contributed by atoms with Crippen LogP contribution in [0.25, 0.3) is 0 Å². The highest BCUT2D eigenvalue weighted by atomic mass is 19.1. The van der Waals surface area contributed by atoms with Crippen molar-refractivity contribution in [3.8, 4) is 11.5 Å². The zero-order chi connectivity index (χ0) is 22.5. The van der Waals surface area contributed by atoms with Crippen molar-refractivity contribution in [1.82, 2.24) is 9.88 Å². The number of halogens is 1. The molecule has 1 N–H and O–H groups in total. The first-order chi connectivity index (χ1) is 15.5. The number of piperazine rings is 1. The van der Waals surface area contributed by atoms with Gasteiger partial charge in [0.05, 0.1) is 7.11 Å². The molecule has 7 nitrogen and oxygen atoms in total. The second-order valence-electron chi connectivity index (χ2n) is 7.47. The lowest BCUT2D eigenvalue weighted by Crippen LogP contribution is -2.49. The number of hydrogen-bond acceptors (Lipinski definition) is 5. The monoisotopic (exact) mass is 437 g/mol. The lowest BCUT2D eigenvalue weighted by Gasteiger charge is -2.36. The van der Waals surface area contributed by atoms with Crippen molar-refractivity contribution in [2.24, 2.45) is 0 Å². The standard InChI is InChI=1S/C24H24FN3O4/c1-31-20-8-6-19(7-9-20)27-10-12-28(13-11-27)24(30)21-14-22(29)23(15-26-21)32-16-17-2-4-18(25)5-3-17/h2-9,14-15H,10-13,16H2,1H3,(H,26,29). The Morgan fingerprint density at radius 2 is 1.72 bits per heavy atom. The normalized spacial score (nSPS) is 13.7. The second kappa shape index (κ2) is 9.55. The number of nitrogens with zero attached hydrogens (tertiary/aromatic N) is 2. The molecule has 0 aliphatic carbocycles. The molecule has 1 saturated heterocycles. The SMILES string of the molecule is COc1ccc(N2CCN(C(=O)c3cc(=O)c(OCc4ccc(F)cc4)c[nH]3)CC2)cc1. The molecule has 3 aromatic rings. The van der Waals surface area contributed by atoms with Gasteiger partial charge < -0.3 is 24.3 Å². The lowest BCUT2D eigenvalue weighted by atomic mass is 10.2. The molecular weight excluding hydrogens is 413 g/mol. The van der Waals surface area contributed by atoms with Crippen LogP contribution in [0, 0.1) is 5.82 Å². The van der Waals surface area contributed by atoms with Gasteiger partial charge in [0.25, 0.3) is 5.91 Å². The van der Waals surface area contributed by atoms with Crippen molar-refractivity contribution in [3.63, 3.8) is 0 Å². The molecule has 0 atom stereocenters. The maximum Gasteiger partial charge on any atom is 0.270 e. The summed E-state index contributed by atoms with van der Waals surface area (Å²) in [6, 6.07) is 14.9. The summed E-state index contributed by atoms with van der Waals surface area (Å²) in [5.41, 5.74) is 1.66. The largest absolute Gasteiger partial charge is 0.497 e. The first-order valence-corrected chi connectivity index (χ1v) is 10.3. The third-order valence-corrected chi connectivity index (χ3v) is 5.42. The van der Waals surface area contributed by atoms with Crippen molar-refractivity contribution in [3.05, 3.63) is 88.1 Å². The number of H-pyrrole nitrogens is 1. The zero-order valence-electron chi connectivity index (χ0n) is 17.7. The van der Waals surface area contributed by atoms with Gasteiger partial charge in [-0.3, -0.25) is 9.59 Å². The maximum absolute atomic E-state index is 13.0. The Hall–Kier alpha value is -3.81. The summed E-state index contributed by atoms with van der Waals surface area (Å²) in [4.78, 5) is 32.0. The number of pyridine rings is 1. The van der Waals surface area contributed by atoms with Crippen LogP contribution in [0.5, 0.6) is 11.5 Å². The van der Waals surface area contributed by atoms with Gasteiger partial charge in [0.15, 0.2) is 5.75 Å². The smallest absolute Gasteiger partial charge is 0.270 e. The number of benzene rings is 2. The minimum absolute atomic E-state index is 0.107. The van der Waals surface area contributed by atoms with Crippen LogP contribution in [0.4, 0.5) is 10.1 Å². The van der Waals surface area contributed by atoms with E-state index >= 15 is 0 Å². The van der Waals surface area contributed by atoms with E-state index in [0.717, 1.165) is 17.0 Å². The average molecular weight is 437 g/mol. The van der Waals surface area contributed by atoms with E-state index in [1.165, 1.54) is 24.4 Å². The summed E-state index contributed by atoms with van der Waals surface area (Å²) in [5.74, 6) is 0.354. The second-order valence-corrected chi connectivity index (χ2v) is 7.47. The van der Waals surface area contributed by atoms with Crippen LogP contribution >= 0.6 is 0 Å².